The number of aromatic carboxylic acids is 1. The Labute approximate surface area is 97.4 Å². The van der Waals surface area contributed by atoms with E-state index in [2.05, 4.69) is 0 Å². The number of benzene rings is 1. The van der Waals surface area contributed by atoms with Crippen LogP contribution in [0.25, 0.3) is 0 Å². The predicted octanol–water partition coefficient (Wildman–Crippen LogP) is 1.09. The van der Waals surface area contributed by atoms with Gasteiger partial charge in [-0.15, -0.1) is 0 Å². The van der Waals surface area contributed by atoms with Gasteiger partial charge in [-0.3, -0.25) is 0 Å². The number of carbonyl (C=O) groups is 1. The van der Waals surface area contributed by atoms with E-state index in [0.29, 0.717) is 0 Å². The van der Waals surface area contributed by atoms with Gasteiger partial charge in [-0.05, 0) is 12.1 Å². The average molecular weight is 278 g/mol. The zero-order valence-electron chi connectivity index (χ0n) is 5.61. The van der Waals surface area contributed by atoms with Gasteiger partial charge in [-0.1, -0.05) is 12.1 Å². The summed E-state index contributed by atoms with van der Waals surface area (Å²) in [5, 5.41) is 17.3. The SMILES string of the molecule is O=C(O)c1ccccc1O.[Ce]. The van der Waals surface area contributed by atoms with Gasteiger partial charge in [0.1, 0.15) is 11.3 Å². The van der Waals surface area contributed by atoms with Crippen molar-refractivity contribution in [1.82, 2.24) is 0 Å². The molecule has 1 aromatic carbocycles. The largest absolute Gasteiger partial charge is 0.507 e. The molecule has 0 aliphatic heterocycles. The summed E-state index contributed by atoms with van der Waals surface area (Å²) in [7, 11) is 0. The molecule has 0 amide bonds. The van der Waals surface area contributed by atoms with E-state index >= 15 is 0 Å². The van der Waals surface area contributed by atoms with Crippen LogP contribution in [0.2, 0.25) is 0 Å². The van der Waals surface area contributed by atoms with Gasteiger partial charge in [0.05, 0.1) is 0 Å². The molecule has 0 aromatic heterocycles. The molecule has 0 spiro atoms. The first-order valence-electron chi connectivity index (χ1n) is 2.73. The summed E-state index contributed by atoms with van der Waals surface area (Å²) in [5.41, 5.74) is -0.0671. The summed E-state index contributed by atoms with van der Waals surface area (Å²) in [6.07, 6.45) is 0. The van der Waals surface area contributed by atoms with E-state index in [-0.39, 0.29) is 53.1 Å². The fourth-order valence-electron chi connectivity index (χ4n) is 0.654. The number of rotatable bonds is 1. The normalized spacial score (nSPS) is 8.36. The van der Waals surface area contributed by atoms with E-state index in [1.165, 1.54) is 12.1 Å². The van der Waals surface area contributed by atoms with Crippen molar-refractivity contribution in [2.24, 2.45) is 0 Å². The number of carboxylic acids is 1. The molecule has 0 bridgehead atoms. The Hall–Kier alpha value is -0.133. The smallest absolute Gasteiger partial charge is 0.339 e. The Balaban J connectivity index is 0.000001000. The predicted molar refractivity (Wildman–Crippen MR) is 35.1 cm³/mol. The zero-order chi connectivity index (χ0) is 7.56. The third kappa shape index (κ3) is 2.76. The van der Waals surface area contributed by atoms with Crippen LogP contribution in [0.15, 0.2) is 24.3 Å². The van der Waals surface area contributed by atoms with Crippen LogP contribution in [0.5, 0.6) is 5.75 Å². The van der Waals surface area contributed by atoms with Crippen LogP contribution in [0.1, 0.15) is 10.4 Å². The molecular weight excluding hydrogens is 272 g/mol. The average Bonchev–Trinajstić information content (AvgIpc) is 1.88. The number of carboxylic acid groups (broad SMARTS) is 1. The molecule has 0 fully saturated rings. The fraction of sp³-hybridized carbons (Fsp3) is 0. The maximum atomic E-state index is 10.3. The number of hydrogen-bond donors (Lipinski definition) is 2. The first kappa shape index (κ1) is 10.9. The summed E-state index contributed by atoms with van der Waals surface area (Å²) in [6, 6.07) is 5.81. The molecule has 0 unspecified atom stereocenters. The van der Waals surface area contributed by atoms with Gasteiger partial charge in [0.25, 0.3) is 0 Å². The van der Waals surface area contributed by atoms with Crippen LogP contribution < -0.4 is 0 Å². The van der Waals surface area contributed by atoms with Crippen molar-refractivity contribution in [3.63, 3.8) is 0 Å². The van der Waals surface area contributed by atoms with Crippen LogP contribution in [-0.4, -0.2) is 16.2 Å². The Morgan fingerprint density at radius 3 is 2.18 bits per heavy atom. The van der Waals surface area contributed by atoms with Crippen LogP contribution in [0.4, 0.5) is 0 Å². The second-order valence-corrected chi connectivity index (χ2v) is 1.82. The van der Waals surface area contributed by atoms with E-state index in [9.17, 15) is 4.79 Å². The molecule has 0 heterocycles. The fourth-order valence-corrected chi connectivity index (χ4v) is 0.654. The molecule has 56 valence electrons. The van der Waals surface area contributed by atoms with Gasteiger partial charge < -0.3 is 10.2 Å². The van der Waals surface area contributed by atoms with Gasteiger partial charge in [-0.2, -0.15) is 0 Å². The van der Waals surface area contributed by atoms with Crippen molar-refractivity contribution in [1.29, 1.82) is 0 Å². The maximum Gasteiger partial charge on any atom is 0.339 e. The standard InChI is InChI=1S/C7H6O3.Ce/c8-6-4-2-1-3-5(6)7(9)10;/h1-4,8H,(H,9,10);. The minimum Gasteiger partial charge on any atom is -0.507 e. The van der Waals surface area contributed by atoms with Gasteiger partial charge >= 0.3 is 5.97 Å². The molecule has 4 heteroatoms. The molecule has 3 nitrogen and oxygen atoms in total. The van der Waals surface area contributed by atoms with Crippen LogP contribution in [0.3, 0.4) is 0 Å². The van der Waals surface area contributed by atoms with E-state index in [0.717, 1.165) is 0 Å². The molecule has 0 aliphatic carbocycles. The van der Waals surface area contributed by atoms with Crippen LogP contribution >= 0.6 is 0 Å². The van der Waals surface area contributed by atoms with Crippen molar-refractivity contribution >= 4 is 5.97 Å². The Kier molecular flexibility index (Phi) is 4.63. The van der Waals surface area contributed by atoms with Gasteiger partial charge in [0.2, 0.25) is 0 Å². The van der Waals surface area contributed by atoms with Crippen molar-refractivity contribution in [3.8, 4) is 5.75 Å². The first-order chi connectivity index (χ1) is 4.72. The van der Waals surface area contributed by atoms with E-state index in [4.69, 9.17) is 10.2 Å². The summed E-state index contributed by atoms with van der Waals surface area (Å²) < 4.78 is 0. The minimum atomic E-state index is -1.11. The molecule has 1 rings (SSSR count). The molecule has 0 saturated heterocycles. The summed E-state index contributed by atoms with van der Waals surface area (Å²) in [5.74, 6) is -1.31. The van der Waals surface area contributed by atoms with Crippen molar-refractivity contribution in [3.05, 3.63) is 29.8 Å². The van der Waals surface area contributed by atoms with Crippen LogP contribution in [0, 0.1) is 41.7 Å². The number of phenols is 1. The molecule has 1 aromatic rings. The summed E-state index contributed by atoms with van der Waals surface area (Å²) in [6.45, 7) is 0. The number of aromatic hydroxyl groups is 1. The third-order valence-corrected chi connectivity index (χ3v) is 1.13. The molecule has 0 radical (unpaired) electrons. The third-order valence-electron chi connectivity index (χ3n) is 1.13. The van der Waals surface area contributed by atoms with Gasteiger partial charge in [0.15, 0.2) is 0 Å². The molecule has 0 aliphatic rings. The number of para-hydroxylation sites is 1. The van der Waals surface area contributed by atoms with Gasteiger partial charge in [0, 0.05) is 41.7 Å². The second-order valence-electron chi connectivity index (χ2n) is 1.82. The zero-order valence-corrected chi connectivity index (χ0v) is 8.75. The summed E-state index contributed by atoms with van der Waals surface area (Å²) >= 11 is 0. The van der Waals surface area contributed by atoms with E-state index in [1.54, 1.807) is 12.1 Å². The molecule has 0 atom stereocenters. The molecule has 2 N–H and O–H groups in total. The Morgan fingerprint density at radius 2 is 1.82 bits per heavy atom. The summed E-state index contributed by atoms with van der Waals surface area (Å²) in [4.78, 5) is 10.3. The molecule has 0 saturated carbocycles. The topological polar surface area (TPSA) is 57.5 Å². The molecule has 11 heavy (non-hydrogen) atoms. The first-order valence-corrected chi connectivity index (χ1v) is 2.73. The monoisotopic (exact) mass is 278 g/mol. The van der Waals surface area contributed by atoms with Gasteiger partial charge in [-0.25, -0.2) is 4.79 Å². The Bertz CT molecular complexity index is 260. The second kappa shape index (κ2) is 4.69. The minimum absolute atomic E-state index is 0. The van der Waals surface area contributed by atoms with Crippen molar-refractivity contribution < 1.29 is 56.8 Å². The number of hydrogen-bond acceptors (Lipinski definition) is 2. The van der Waals surface area contributed by atoms with E-state index in [1.807, 2.05) is 0 Å². The van der Waals surface area contributed by atoms with Crippen molar-refractivity contribution in [2.75, 3.05) is 0 Å². The molecular formula is C7H6CeO3. The van der Waals surface area contributed by atoms with Crippen LogP contribution in [-0.2, 0) is 0 Å². The maximum absolute atomic E-state index is 10.3. The van der Waals surface area contributed by atoms with E-state index < -0.39 is 5.97 Å². The Morgan fingerprint density at radius 1 is 1.27 bits per heavy atom. The quantitative estimate of drug-likeness (QED) is 0.808. The van der Waals surface area contributed by atoms with Crippen molar-refractivity contribution in [2.45, 2.75) is 0 Å².